The summed E-state index contributed by atoms with van der Waals surface area (Å²) in [6.45, 7) is 2.60. The summed E-state index contributed by atoms with van der Waals surface area (Å²) in [7, 11) is 1.92. The fourth-order valence-corrected chi connectivity index (χ4v) is 3.35. The van der Waals surface area contributed by atoms with Gasteiger partial charge in [0.15, 0.2) is 0 Å². The Morgan fingerprint density at radius 1 is 1.07 bits per heavy atom. The summed E-state index contributed by atoms with van der Waals surface area (Å²) < 4.78 is 6.92. The average molecular weight is 386 g/mol. The molecule has 146 valence electrons. The third-order valence-corrected chi connectivity index (χ3v) is 4.98. The number of aryl methyl sites for hydroxylation is 2. The minimum Gasteiger partial charge on any atom is -0.364 e. The molecule has 2 aromatic carbocycles. The van der Waals surface area contributed by atoms with Crippen LogP contribution in [0.5, 0.6) is 0 Å². The van der Waals surface area contributed by atoms with Gasteiger partial charge in [-0.05, 0) is 23.6 Å². The van der Waals surface area contributed by atoms with Gasteiger partial charge < -0.3 is 14.0 Å². The molecule has 6 heteroatoms. The second-order valence-electron chi connectivity index (χ2n) is 6.95. The molecule has 0 aliphatic rings. The predicted octanol–water partition coefficient (Wildman–Crippen LogP) is 4.23. The van der Waals surface area contributed by atoms with Gasteiger partial charge in [0.1, 0.15) is 17.7 Å². The van der Waals surface area contributed by atoms with Crippen molar-refractivity contribution in [3.8, 4) is 11.1 Å². The van der Waals surface area contributed by atoms with Crippen molar-refractivity contribution in [1.29, 1.82) is 0 Å². The number of hydrogen-bond acceptors (Lipinski definition) is 4. The van der Waals surface area contributed by atoms with E-state index in [9.17, 15) is 4.79 Å². The van der Waals surface area contributed by atoms with Crippen LogP contribution >= 0.6 is 0 Å². The van der Waals surface area contributed by atoms with Crippen molar-refractivity contribution >= 4 is 5.91 Å². The van der Waals surface area contributed by atoms with Gasteiger partial charge in [-0.15, -0.1) is 0 Å². The van der Waals surface area contributed by atoms with Gasteiger partial charge >= 0.3 is 0 Å². The fourth-order valence-electron chi connectivity index (χ4n) is 3.35. The molecule has 0 bridgehead atoms. The smallest absolute Gasteiger partial charge is 0.259 e. The lowest BCUT2D eigenvalue weighted by Crippen LogP contribution is -2.31. The van der Waals surface area contributed by atoms with Crippen molar-refractivity contribution < 1.29 is 9.32 Å². The van der Waals surface area contributed by atoms with E-state index in [1.54, 1.807) is 18.0 Å². The van der Waals surface area contributed by atoms with E-state index in [0.717, 1.165) is 22.5 Å². The summed E-state index contributed by atoms with van der Waals surface area (Å²) in [6.07, 6.45) is 5.02. The van der Waals surface area contributed by atoms with Crippen LogP contribution in [0.1, 0.15) is 27.4 Å². The Morgan fingerprint density at radius 2 is 1.83 bits per heavy atom. The van der Waals surface area contributed by atoms with E-state index in [-0.39, 0.29) is 5.91 Å². The maximum absolute atomic E-state index is 13.3. The van der Waals surface area contributed by atoms with Crippen LogP contribution in [0.3, 0.4) is 0 Å². The summed E-state index contributed by atoms with van der Waals surface area (Å²) in [5.74, 6) is 0.680. The first-order valence-corrected chi connectivity index (χ1v) is 9.43. The van der Waals surface area contributed by atoms with Gasteiger partial charge in [0, 0.05) is 26.0 Å². The Kier molecular flexibility index (Phi) is 5.24. The highest BCUT2D eigenvalue weighted by atomic mass is 16.5. The lowest BCUT2D eigenvalue weighted by Gasteiger charge is -2.23. The Morgan fingerprint density at radius 3 is 2.52 bits per heavy atom. The molecule has 0 aliphatic heterocycles. The molecule has 1 amide bonds. The second-order valence-corrected chi connectivity index (χ2v) is 6.95. The van der Waals surface area contributed by atoms with E-state index < -0.39 is 0 Å². The Labute approximate surface area is 169 Å². The van der Waals surface area contributed by atoms with Crippen LogP contribution in [0.4, 0.5) is 0 Å². The summed E-state index contributed by atoms with van der Waals surface area (Å²) in [5.41, 5.74) is 4.34. The van der Waals surface area contributed by atoms with Crippen LogP contribution in [-0.2, 0) is 20.1 Å². The zero-order valence-corrected chi connectivity index (χ0v) is 16.4. The fraction of sp³-hybridized carbons (Fsp3) is 0.174. The first-order chi connectivity index (χ1) is 14.1. The highest BCUT2D eigenvalue weighted by molar-refractivity contribution is 5.94. The lowest BCUT2D eigenvalue weighted by molar-refractivity contribution is 0.0723. The van der Waals surface area contributed by atoms with Gasteiger partial charge in [0.25, 0.3) is 5.91 Å². The molecule has 0 radical (unpaired) electrons. The maximum atomic E-state index is 13.3. The quantitative estimate of drug-likeness (QED) is 0.498. The van der Waals surface area contributed by atoms with E-state index in [1.807, 2.05) is 48.1 Å². The minimum absolute atomic E-state index is 0.130. The largest absolute Gasteiger partial charge is 0.364 e. The second kappa shape index (κ2) is 8.14. The van der Waals surface area contributed by atoms with Crippen molar-refractivity contribution in [3.05, 3.63) is 95.9 Å². The Hall–Kier alpha value is -3.67. The molecule has 2 aromatic heterocycles. The number of benzene rings is 2. The molecule has 0 spiro atoms. The monoisotopic (exact) mass is 386 g/mol. The molecule has 0 atom stereocenters. The van der Waals surface area contributed by atoms with E-state index >= 15 is 0 Å². The van der Waals surface area contributed by atoms with Crippen LogP contribution in [0.2, 0.25) is 0 Å². The molecule has 2 heterocycles. The maximum Gasteiger partial charge on any atom is 0.259 e. The first kappa shape index (κ1) is 18.7. The normalized spacial score (nSPS) is 10.8. The molecule has 4 rings (SSSR count). The summed E-state index contributed by atoms with van der Waals surface area (Å²) in [6, 6.07) is 18.3. The van der Waals surface area contributed by atoms with Gasteiger partial charge in [-0.2, -0.15) is 0 Å². The molecule has 0 saturated carbocycles. The van der Waals surface area contributed by atoms with Crippen molar-refractivity contribution in [2.75, 3.05) is 0 Å². The van der Waals surface area contributed by atoms with Crippen molar-refractivity contribution in [2.45, 2.75) is 20.0 Å². The Balaban J connectivity index is 1.70. The molecule has 0 saturated heterocycles. The van der Waals surface area contributed by atoms with Crippen LogP contribution in [-0.4, -0.2) is 25.5 Å². The topological polar surface area (TPSA) is 64.2 Å². The molecule has 0 aliphatic carbocycles. The molecular formula is C23H22N4O2. The van der Waals surface area contributed by atoms with E-state index in [4.69, 9.17) is 4.52 Å². The molecule has 0 N–H and O–H groups in total. The number of aromatic nitrogens is 3. The summed E-state index contributed by atoms with van der Waals surface area (Å²) >= 11 is 0. The van der Waals surface area contributed by atoms with Crippen molar-refractivity contribution in [1.82, 2.24) is 19.6 Å². The average Bonchev–Trinajstić information content (AvgIpc) is 3.36. The molecule has 29 heavy (non-hydrogen) atoms. The number of amides is 1. The summed E-state index contributed by atoms with van der Waals surface area (Å²) in [5, 5.41) is 3.86. The van der Waals surface area contributed by atoms with Crippen molar-refractivity contribution in [2.24, 2.45) is 7.05 Å². The van der Waals surface area contributed by atoms with E-state index in [1.165, 1.54) is 6.26 Å². The molecule has 6 nitrogen and oxygen atoms in total. The predicted molar refractivity (Wildman–Crippen MR) is 110 cm³/mol. The van der Waals surface area contributed by atoms with Crippen LogP contribution in [0.25, 0.3) is 11.1 Å². The van der Waals surface area contributed by atoms with Crippen LogP contribution < -0.4 is 0 Å². The SMILES string of the molecule is Cc1nocc1C(=O)N(Cc1ccccc1-c1ccccc1)Cc1nccn1C. The van der Waals surface area contributed by atoms with Gasteiger partial charge in [-0.3, -0.25) is 4.79 Å². The van der Waals surface area contributed by atoms with Crippen LogP contribution in [0, 0.1) is 6.92 Å². The zero-order chi connectivity index (χ0) is 20.2. The third kappa shape index (κ3) is 3.96. The lowest BCUT2D eigenvalue weighted by atomic mass is 9.99. The number of rotatable bonds is 6. The van der Waals surface area contributed by atoms with E-state index in [2.05, 4.69) is 34.4 Å². The molecular weight excluding hydrogens is 364 g/mol. The van der Waals surface area contributed by atoms with Gasteiger partial charge in [-0.1, -0.05) is 59.8 Å². The van der Waals surface area contributed by atoms with Gasteiger partial charge in [0.2, 0.25) is 0 Å². The Bertz CT molecular complexity index is 1110. The van der Waals surface area contributed by atoms with Gasteiger partial charge in [0.05, 0.1) is 12.2 Å². The van der Waals surface area contributed by atoms with Gasteiger partial charge in [-0.25, -0.2) is 4.98 Å². The third-order valence-electron chi connectivity index (χ3n) is 4.98. The zero-order valence-electron chi connectivity index (χ0n) is 16.4. The minimum atomic E-state index is -0.130. The first-order valence-electron chi connectivity index (χ1n) is 9.43. The standard InChI is InChI=1S/C23H22N4O2/c1-17-21(16-29-25-17)23(28)27(15-22-24-12-13-26(22)2)14-19-10-6-7-11-20(19)18-8-4-3-5-9-18/h3-13,16H,14-15H2,1-2H3. The van der Waals surface area contributed by atoms with E-state index in [0.29, 0.717) is 24.3 Å². The number of hydrogen-bond donors (Lipinski definition) is 0. The molecule has 4 aromatic rings. The molecule has 0 unspecified atom stereocenters. The summed E-state index contributed by atoms with van der Waals surface area (Å²) in [4.78, 5) is 19.5. The highest BCUT2D eigenvalue weighted by Crippen LogP contribution is 2.26. The molecule has 0 fully saturated rings. The number of carbonyl (C=O) groups is 1. The number of carbonyl (C=O) groups excluding carboxylic acids is 1. The van der Waals surface area contributed by atoms with Crippen LogP contribution in [0.15, 0.2) is 77.8 Å². The highest BCUT2D eigenvalue weighted by Gasteiger charge is 2.23. The number of imidazole rings is 1. The van der Waals surface area contributed by atoms with Crippen molar-refractivity contribution in [3.63, 3.8) is 0 Å². The number of nitrogens with zero attached hydrogens (tertiary/aromatic N) is 4.